The second-order valence-corrected chi connectivity index (χ2v) is 6.30. The van der Waals surface area contributed by atoms with Crippen molar-refractivity contribution < 1.29 is 9.90 Å². The van der Waals surface area contributed by atoms with Gasteiger partial charge >= 0.3 is 0 Å². The van der Waals surface area contributed by atoms with Crippen molar-refractivity contribution in [2.24, 2.45) is 0 Å². The largest absolute Gasteiger partial charge is 0.508 e. The number of carbonyl (C=O) groups excluding carboxylic acids is 1. The van der Waals surface area contributed by atoms with E-state index in [1.165, 1.54) is 0 Å². The first-order valence-electron chi connectivity index (χ1n) is 6.23. The molecule has 0 bridgehead atoms. The Morgan fingerprint density at radius 2 is 2.17 bits per heavy atom. The molecule has 1 aliphatic rings. The first-order chi connectivity index (χ1) is 8.50. The maximum absolute atomic E-state index is 12.5. The number of carbonyl (C=O) groups is 1. The fourth-order valence-electron chi connectivity index (χ4n) is 2.26. The van der Waals surface area contributed by atoms with Gasteiger partial charge < -0.3 is 10.0 Å². The molecule has 2 atom stereocenters. The van der Waals surface area contributed by atoms with E-state index in [0.717, 1.165) is 17.9 Å². The quantitative estimate of drug-likeness (QED) is 0.848. The highest BCUT2D eigenvalue weighted by Crippen LogP contribution is 2.26. The third-order valence-corrected chi connectivity index (χ3v) is 4.92. The van der Waals surface area contributed by atoms with Crippen LogP contribution >= 0.6 is 11.8 Å². The summed E-state index contributed by atoms with van der Waals surface area (Å²) in [6, 6.07) is 5.18. The number of aromatic hydroxyl groups is 1. The zero-order valence-corrected chi connectivity index (χ0v) is 11.8. The summed E-state index contributed by atoms with van der Waals surface area (Å²) in [5.41, 5.74) is 1.52. The summed E-state index contributed by atoms with van der Waals surface area (Å²) in [6.45, 7) is 6.93. The molecule has 1 N–H and O–H groups in total. The number of benzene rings is 1. The second-order valence-electron chi connectivity index (χ2n) is 4.81. The van der Waals surface area contributed by atoms with Crippen LogP contribution in [0.1, 0.15) is 29.8 Å². The summed E-state index contributed by atoms with van der Waals surface area (Å²) in [4.78, 5) is 14.5. The number of hydrogen-bond donors (Lipinski definition) is 1. The molecule has 0 saturated carbocycles. The van der Waals surface area contributed by atoms with Gasteiger partial charge in [-0.15, -0.1) is 0 Å². The Balaban J connectivity index is 2.25. The van der Waals surface area contributed by atoms with E-state index in [-0.39, 0.29) is 17.7 Å². The Labute approximate surface area is 112 Å². The summed E-state index contributed by atoms with van der Waals surface area (Å²) in [5.74, 6) is 1.28. The van der Waals surface area contributed by atoms with Gasteiger partial charge in [0.2, 0.25) is 0 Å². The Bertz CT molecular complexity index is 461. The molecule has 2 unspecified atom stereocenters. The lowest BCUT2D eigenvalue weighted by Gasteiger charge is -2.37. The number of aryl methyl sites for hydroxylation is 1. The van der Waals surface area contributed by atoms with E-state index in [2.05, 4.69) is 13.8 Å². The Morgan fingerprint density at radius 3 is 2.83 bits per heavy atom. The second kappa shape index (κ2) is 5.22. The topological polar surface area (TPSA) is 40.5 Å². The molecule has 1 heterocycles. The van der Waals surface area contributed by atoms with Crippen LogP contribution in [0.15, 0.2) is 18.2 Å². The molecule has 1 aromatic carbocycles. The molecule has 1 amide bonds. The van der Waals surface area contributed by atoms with Gasteiger partial charge in [-0.05, 0) is 37.6 Å². The number of phenols is 1. The van der Waals surface area contributed by atoms with Crippen molar-refractivity contribution in [2.45, 2.75) is 32.1 Å². The number of thioether (sulfide) groups is 1. The van der Waals surface area contributed by atoms with Crippen LogP contribution in [0.4, 0.5) is 0 Å². The molecule has 1 fully saturated rings. The van der Waals surface area contributed by atoms with Crippen molar-refractivity contribution in [1.29, 1.82) is 0 Å². The molecular formula is C14H19NO2S. The van der Waals surface area contributed by atoms with Crippen molar-refractivity contribution in [1.82, 2.24) is 4.90 Å². The molecule has 1 saturated heterocycles. The predicted molar refractivity (Wildman–Crippen MR) is 75.3 cm³/mol. The molecule has 18 heavy (non-hydrogen) atoms. The van der Waals surface area contributed by atoms with Crippen molar-refractivity contribution in [2.75, 3.05) is 12.3 Å². The summed E-state index contributed by atoms with van der Waals surface area (Å²) in [6.07, 6.45) is 0. The van der Waals surface area contributed by atoms with Crippen LogP contribution in [0.5, 0.6) is 5.75 Å². The fourth-order valence-corrected chi connectivity index (χ4v) is 3.36. The highest BCUT2D eigenvalue weighted by molar-refractivity contribution is 8.00. The predicted octanol–water partition coefficient (Wildman–Crippen LogP) is 2.67. The van der Waals surface area contributed by atoms with E-state index in [1.54, 1.807) is 18.2 Å². The Hall–Kier alpha value is -1.16. The molecule has 1 aromatic rings. The summed E-state index contributed by atoms with van der Waals surface area (Å²) < 4.78 is 0. The van der Waals surface area contributed by atoms with Crippen LogP contribution in [-0.4, -0.2) is 39.5 Å². The van der Waals surface area contributed by atoms with Gasteiger partial charge in [0.05, 0.1) is 0 Å². The smallest absolute Gasteiger partial charge is 0.254 e. The number of phenolic OH excluding ortho intramolecular Hbond substituents is 1. The monoisotopic (exact) mass is 265 g/mol. The molecule has 1 aliphatic heterocycles. The third-order valence-electron chi connectivity index (χ3n) is 3.59. The standard InChI is InChI=1S/C14H19NO2S/c1-9-8-12(16)4-5-13(9)14(17)15-6-7-18-11(3)10(15)2/h4-5,8,10-11,16H,6-7H2,1-3H3. The first kappa shape index (κ1) is 13.3. The van der Waals surface area contributed by atoms with Gasteiger partial charge in [-0.1, -0.05) is 6.92 Å². The van der Waals surface area contributed by atoms with Gasteiger partial charge in [0.15, 0.2) is 0 Å². The van der Waals surface area contributed by atoms with E-state index in [4.69, 9.17) is 0 Å². The van der Waals surface area contributed by atoms with E-state index in [1.807, 2.05) is 23.6 Å². The van der Waals surface area contributed by atoms with Crippen molar-refractivity contribution in [3.8, 4) is 5.75 Å². The van der Waals surface area contributed by atoms with Crippen LogP contribution in [0.25, 0.3) is 0 Å². The molecule has 4 heteroatoms. The lowest BCUT2D eigenvalue weighted by molar-refractivity contribution is 0.0697. The normalized spacial score (nSPS) is 24.1. The van der Waals surface area contributed by atoms with Gasteiger partial charge in [-0.25, -0.2) is 0 Å². The summed E-state index contributed by atoms with van der Waals surface area (Å²) in [7, 11) is 0. The molecule has 0 aromatic heterocycles. The Morgan fingerprint density at radius 1 is 1.44 bits per heavy atom. The number of hydrogen-bond acceptors (Lipinski definition) is 3. The summed E-state index contributed by atoms with van der Waals surface area (Å²) >= 11 is 1.92. The number of amides is 1. The molecule has 98 valence electrons. The highest BCUT2D eigenvalue weighted by atomic mass is 32.2. The van der Waals surface area contributed by atoms with Crippen LogP contribution in [0.3, 0.4) is 0 Å². The number of rotatable bonds is 1. The van der Waals surface area contributed by atoms with Crippen LogP contribution < -0.4 is 0 Å². The SMILES string of the molecule is Cc1cc(O)ccc1C(=O)N1CCSC(C)C1C. The maximum atomic E-state index is 12.5. The molecular weight excluding hydrogens is 246 g/mol. The average molecular weight is 265 g/mol. The molecule has 0 radical (unpaired) electrons. The zero-order valence-electron chi connectivity index (χ0n) is 11.0. The lowest BCUT2D eigenvalue weighted by atomic mass is 10.1. The van der Waals surface area contributed by atoms with Crippen molar-refractivity contribution in [3.63, 3.8) is 0 Å². The molecule has 0 aliphatic carbocycles. The lowest BCUT2D eigenvalue weighted by Crippen LogP contribution is -2.48. The van der Waals surface area contributed by atoms with Gasteiger partial charge in [0, 0.05) is 29.2 Å². The van der Waals surface area contributed by atoms with E-state index in [0.29, 0.717) is 10.8 Å². The molecule has 3 nitrogen and oxygen atoms in total. The zero-order chi connectivity index (χ0) is 13.3. The van der Waals surface area contributed by atoms with Gasteiger partial charge in [0.1, 0.15) is 5.75 Å². The van der Waals surface area contributed by atoms with Crippen LogP contribution in [0, 0.1) is 6.92 Å². The average Bonchev–Trinajstić information content (AvgIpc) is 2.32. The first-order valence-corrected chi connectivity index (χ1v) is 7.27. The van der Waals surface area contributed by atoms with Crippen molar-refractivity contribution >= 4 is 17.7 Å². The fraction of sp³-hybridized carbons (Fsp3) is 0.500. The van der Waals surface area contributed by atoms with Gasteiger partial charge in [-0.2, -0.15) is 11.8 Å². The summed E-state index contributed by atoms with van der Waals surface area (Å²) in [5, 5.41) is 9.87. The molecule has 0 spiro atoms. The Kier molecular flexibility index (Phi) is 3.85. The minimum Gasteiger partial charge on any atom is -0.508 e. The number of nitrogens with zero attached hydrogens (tertiary/aromatic N) is 1. The van der Waals surface area contributed by atoms with Gasteiger partial charge in [-0.3, -0.25) is 4.79 Å². The van der Waals surface area contributed by atoms with Crippen LogP contribution in [0.2, 0.25) is 0 Å². The van der Waals surface area contributed by atoms with Crippen molar-refractivity contribution in [3.05, 3.63) is 29.3 Å². The maximum Gasteiger partial charge on any atom is 0.254 e. The minimum atomic E-state index is 0.0761. The third kappa shape index (κ3) is 2.48. The minimum absolute atomic E-state index is 0.0761. The van der Waals surface area contributed by atoms with E-state index in [9.17, 15) is 9.90 Å². The molecule has 2 rings (SSSR count). The van der Waals surface area contributed by atoms with Gasteiger partial charge in [0.25, 0.3) is 5.91 Å². The van der Waals surface area contributed by atoms with Crippen LogP contribution in [-0.2, 0) is 0 Å². The van der Waals surface area contributed by atoms with E-state index >= 15 is 0 Å². The highest BCUT2D eigenvalue weighted by Gasteiger charge is 2.29. The van der Waals surface area contributed by atoms with E-state index < -0.39 is 0 Å².